The fraction of sp³-hybridized carbons (Fsp3) is 0.867. The van der Waals surface area contributed by atoms with Crippen molar-refractivity contribution in [3.63, 3.8) is 0 Å². The quantitative estimate of drug-likeness (QED) is 0.617. The van der Waals surface area contributed by atoms with E-state index < -0.39 is 0 Å². The molecule has 1 rings (SSSR count). The van der Waals surface area contributed by atoms with Gasteiger partial charge in [-0.3, -0.25) is 5.10 Å². The first-order chi connectivity index (χ1) is 8.73. The third kappa shape index (κ3) is 4.79. The van der Waals surface area contributed by atoms with Crippen LogP contribution in [0.25, 0.3) is 0 Å². The Balaban J connectivity index is 2.51. The minimum atomic E-state index is 0.218. The third-order valence-electron chi connectivity index (χ3n) is 3.95. The van der Waals surface area contributed by atoms with Crippen LogP contribution in [0.15, 0.2) is 6.20 Å². The number of hydrogen-bond donors (Lipinski definition) is 1. The molecule has 0 spiro atoms. The number of rotatable bonds is 10. The van der Waals surface area contributed by atoms with Gasteiger partial charge in [-0.2, -0.15) is 0 Å². The van der Waals surface area contributed by atoms with Gasteiger partial charge >= 0.3 is 0 Å². The second-order valence-electron chi connectivity index (χ2n) is 5.69. The van der Waals surface area contributed by atoms with E-state index in [0.29, 0.717) is 0 Å². The van der Waals surface area contributed by atoms with E-state index in [9.17, 15) is 0 Å². The largest absolute Gasteiger partial charge is 0.265 e. The zero-order valence-corrected chi connectivity index (χ0v) is 12.3. The minimum Gasteiger partial charge on any atom is -0.265 e. The van der Waals surface area contributed by atoms with Gasteiger partial charge in [-0.05, 0) is 12.8 Å². The maximum absolute atomic E-state index is 4.26. The lowest BCUT2D eigenvalue weighted by molar-refractivity contribution is 0.356. The van der Waals surface area contributed by atoms with Crippen molar-refractivity contribution in [3.8, 4) is 0 Å². The Kier molecular flexibility index (Phi) is 6.99. The number of unbranched alkanes of at least 4 members (excludes halogenated alkanes) is 5. The number of aromatic amines is 1. The molecule has 1 heterocycles. The molecule has 0 aliphatic rings. The molecule has 0 fully saturated rings. The predicted molar refractivity (Wildman–Crippen MR) is 76.6 cm³/mol. The Labute approximate surface area is 112 Å². The first kappa shape index (κ1) is 15.2. The number of nitrogens with one attached hydrogen (secondary N) is 1. The van der Waals surface area contributed by atoms with Crippen LogP contribution in [0.4, 0.5) is 0 Å². The highest BCUT2D eigenvalue weighted by Crippen LogP contribution is 2.33. The average Bonchev–Trinajstić information content (AvgIpc) is 2.89. The fourth-order valence-corrected chi connectivity index (χ4v) is 2.58. The lowest BCUT2D eigenvalue weighted by atomic mass is 9.77. The van der Waals surface area contributed by atoms with Crippen molar-refractivity contribution in [1.29, 1.82) is 0 Å². The zero-order valence-electron chi connectivity index (χ0n) is 12.3. The molecule has 0 aliphatic heterocycles. The summed E-state index contributed by atoms with van der Waals surface area (Å²) >= 11 is 0. The third-order valence-corrected chi connectivity index (χ3v) is 3.95. The van der Waals surface area contributed by atoms with Gasteiger partial charge in [-0.15, -0.1) is 5.10 Å². The number of aromatic nitrogens is 3. The van der Waals surface area contributed by atoms with Crippen molar-refractivity contribution in [3.05, 3.63) is 11.9 Å². The van der Waals surface area contributed by atoms with E-state index in [1.54, 1.807) is 0 Å². The Morgan fingerprint density at radius 1 is 1.00 bits per heavy atom. The SMILES string of the molecule is CCCCCCC(C)(CCCCC)c1c[nH]nn1. The molecular formula is C15H29N3. The van der Waals surface area contributed by atoms with Crippen LogP contribution in [0.3, 0.4) is 0 Å². The number of hydrogen-bond acceptors (Lipinski definition) is 2. The van der Waals surface area contributed by atoms with Gasteiger partial charge in [-0.25, -0.2) is 0 Å². The van der Waals surface area contributed by atoms with Crippen LogP contribution in [-0.2, 0) is 5.41 Å². The van der Waals surface area contributed by atoms with Crippen molar-refractivity contribution in [1.82, 2.24) is 15.4 Å². The number of nitrogens with zero attached hydrogens (tertiary/aromatic N) is 2. The molecule has 18 heavy (non-hydrogen) atoms. The Morgan fingerprint density at radius 2 is 1.61 bits per heavy atom. The minimum absolute atomic E-state index is 0.218. The molecule has 0 radical (unpaired) electrons. The molecule has 1 aromatic rings. The molecule has 0 aliphatic carbocycles. The van der Waals surface area contributed by atoms with Gasteiger partial charge in [0.2, 0.25) is 0 Å². The molecule has 1 atom stereocenters. The van der Waals surface area contributed by atoms with Crippen molar-refractivity contribution in [2.75, 3.05) is 0 Å². The monoisotopic (exact) mass is 251 g/mol. The summed E-state index contributed by atoms with van der Waals surface area (Å²) in [5.74, 6) is 0. The first-order valence-electron chi connectivity index (χ1n) is 7.60. The van der Waals surface area contributed by atoms with Crippen LogP contribution >= 0.6 is 0 Å². The summed E-state index contributed by atoms with van der Waals surface area (Å²) in [4.78, 5) is 0. The smallest absolute Gasteiger partial charge is 0.0883 e. The van der Waals surface area contributed by atoms with E-state index in [0.717, 1.165) is 5.69 Å². The van der Waals surface area contributed by atoms with E-state index in [2.05, 4.69) is 36.2 Å². The molecule has 0 aromatic carbocycles. The highest BCUT2D eigenvalue weighted by molar-refractivity contribution is 5.09. The highest BCUT2D eigenvalue weighted by Gasteiger charge is 2.28. The van der Waals surface area contributed by atoms with E-state index in [-0.39, 0.29) is 5.41 Å². The summed E-state index contributed by atoms with van der Waals surface area (Å²) in [5, 5.41) is 11.0. The molecule has 104 valence electrons. The molecule has 0 bridgehead atoms. The fourth-order valence-electron chi connectivity index (χ4n) is 2.58. The van der Waals surface area contributed by atoms with Crippen LogP contribution < -0.4 is 0 Å². The maximum Gasteiger partial charge on any atom is 0.0883 e. The lowest BCUT2D eigenvalue weighted by Gasteiger charge is -2.27. The van der Waals surface area contributed by atoms with E-state index in [4.69, 9.17) is 0 Å². The summed E-state index contributed by atoms with van der Waals surface area (Å²) in [6, 6.07) is 0. The Hall–Kier alpha value is -0.860. The van der Waals surface area contributed by atoms with Crippen LogP contribution in [0.5, 0.6) is 0 Å². The van der Waals surface area contributed by atoms with E-state index in [1.165, 1.54) is 57.8 Å². The Bertz CT molecular complexity index is 295. The first-order valence-corrected chi connectivity index (χ1v) is 7.60. The molecule has 0 amide bonds. The van der Waals surface area contributed by atoms with E-state index in [1.807, 2.05) is 6.20 Å². The molecule has 1 unspecified atom stereocenters. The standard InChI is InChI=1S/C15H29N3/c1-4-6-8-10-12-15(3,11-9-7-5-2)14-13-16-18-17-14/h13H,4-12H2,1-3H3,(H,16,17,18). The molecule has 0 saturated heterocycles. The van der Waals surface area contributed by atoms with Gasteiger partial charge in [0.1, 0.15) is 0 Å². The lowest BCUT2D eigenvalue weighted by Crippen LogP contribution is -2.22. The number of H-pyrrole nitrogens is 1. The second-order valence-corrected chi connectivity index (χ2v) is 5.69. The summed E-state index contributed by atoms with van der Waals surface area (Å²) in [6.45, 7) is 6.87. The van der Waals surface area contributed by atoms with Gasteiger partial charge < -0.3 is 0 Å². The average molecular weight is 251 g/mol. The van der Waals surface area contributed by atoms with Crippen LogP contribution in [0.2, 0.25) is 0 Å². The molecule has 3 heteroatoms. The van der Waals surface area contributed by atoms with Gasteiger partial charge in [0, 0.05) is 11.6 Å². The zero-order chi connectivity index (χ0) is 13.3. The van der Waals surface area contributed by atoms with Gasteiger partial charge in [-0.1, -0.05) is 70.9 Å². The summed E-state index contributed by atoms with van der Waals surface area (Å²) < 4.78 is 0. The van der Waals surface area contributed by atoms with Gasteiger partial charge in [0.25, 0.3) is 0 Å². The summed E-state index contributed by atoms with van der Waals surface area (Å²) in [7, 11) is 0. The van der Waals surface area contributed by atoms with Crippen LogP contribution in [0.1, 0.15) is 84.3 Å². The Morgan fingerprint density at radius 3 is 2.17 bits per heavy atom. The molecule has 0 saturated carbocycles. The van der Waals surface area contributed by atoms with Crippen LogP contribution in [0, 0.1) is 0 Å². The van der Waals surface area contributed by atoms with Gasteiger partial charge in [0.15, 0.2) is 0 Å². The molecule has 3 nitrogen and oxygen atoms in total. The normalized spacial score (nSPS) is 14.6. The molecule has 1 aromatic heterocycles. The topological polar surface area (TPSA) is 41.6 Å². The van der Waals surface area contributed by atoms with Crippen LogP contribution in [-0.4, -0.2) is 15.4 Å². The van der Waals surface area contributed by atoms with Crippen molar-refractivity contribution in [2.24, 2.45) is 0 Å². The van der Waals surface area contributed by atoms with Crippen molar-refractivity contribution >= 4 is 0 Å². The summed E-state index contributed by atoms with van der Waals surface area (Å²) in [6.07, 6.45) is 13.7. The van der Waals surface area contributed by atoms with E-state index >= 15 is 0 Å². The molecule has 1 N–H and O–H groups in total. The maximum atomic E-state index is 4.26. The highest BCUT2D eigenvalue weighted by atomic mass is 15.3. The second kappa shape index (κ2) is 8.28. The predicted octanol–water partition coefficient (Wildman–Crippen LogP) is 4.61. The molecular weight excluding hydrogens is 222 g/mol. The van der Waals surface area contributed by atoms with Crippen molar-refractivity contribution < 1.29 is 0 Å². The summed E-state index contributed by atoms with van der Waals surface area (Å²) in [5.41, 5.74) is 1.37. The van der Waals surface area contributed by atoms with Crippen molar-refractivity contribution in [2.45, 2.75) is 84.0 Å². The van der Waals surface area contributed by atoms with Gasteiger partial charge in [0.05, 0.1) is 5.69 Å².